The van der Waals surface area contributed by atoms with Gasteiger partial charge in [-0.25, -0.2) is 8.42 Å². The minimum Gasteiger partial charge on any atom is -0.497 e. The zero-order valence-corrected chi connectivity index (χ0v) is 18.7. The van der Waals surface area contributed by atoms with Crippen molar-refractivity contribution in [3.8, 4) is 5.75 Å². The number of carbonyl (C=O) groups excluding carboxylic acids is 1. The number of sulfone groups is 1. The van der Waals surface area contributed by atoms with Gasteiger partial charge < -0.3 is 14.5 Å². The van der Waals surface area contributed by atoms with E-state index in [1.165, 1.54) is 0 Å². The maximum Gasteiger partial charge on any atom is 0.254 e. The SMILES string of the molecule is CCN(CC)c1ccc(CN(C(=O)c2cccc(OC)c2)C2CCS(=O)(=O)C2)cc1. The molecule has 0 radical (unpaired) electrons. The highest BCUT2D eigenvalue weighted by molar-refractivity contribution is 7.91. The lowest BCUT2D eigenvalue weighted by Gasteiger charge is -2.29. The van der Waals surface area contributed by atoms with E-state index in [0.717, 1.165) is 24.3 Å². The second kappa shape index (κ2) is 9.51. The van der Waals surface area contributed by atoms with Crippen LogP contribution in [-0.2, 0) is 16.4 Å². The Labute approximate surface area is 179 Å². The molecule has 1 heterocycles. The van der Waals surface area contributed by atoms with Gasteiger partial charge in [0.15, 0.2) is 9.84 Å². The molecule has 1 aliphatic heterocycles. The quantitative estimate of drug-likeness (QED) is 0.642. The summed E-state index contributed by atoms with van der Waals surface area (Å²) in [5.41, 5.74) is 2.61. The maximum absolute atomic E-state index is 13.4. The van der Waals surface area contributed by atoms with E-state index in [9.17, 15) is 13.2 Å². The van der Waals surface area contributed by atoms with Crippen LogP contribution in [0.25, 0.3) is 0 Å². The number of hydrogen-bond donors (Lipinski definition) is 0. The van der Waals surface area contributed by atoms with Gasteiger partial charge in [-0.15, -0.1) is 0 Å². The van der Waals surface area contributed by atoms with E-state index < -0.39 is 9.84 Å². The molecule has 1 fully saturated rings. The summed E-state index contributed by atoms with van der Waals surface area (Å²) in [6.45, 7) is 6.46. The third kappa shape index (κ3) is 5.14. The number of amides is 1. The molecule has 0 spiro atoms. The van der Waals surface area contributed by atoms with Crippen molar-refractivity contribution in [1.29, 1.82) is 0 Å². The second-order valence-electron chi connectivity index (χ2n) is 7.56. The van der Waals surface area contributed by atoms with Gasteiger partial charge in [-0.05, 0) is 56.2 Å². The third-order valence-electron chi connectivity index (χ3n) is 5.64. The highest BCUT2D eigenvalue weighted by Crippen LogP contribution is 2.24. The van der Waals surface area contributed by atoms with Crippen molar-refractivity contribution in [2.45, 2.75) is 32.9 Å². The molecule has 7 heteroatoms. The molecule has 0 bridgehead atoms. The molecule has 0 N–H and O–H groups in total. The van der Waals surface area contributed by atoms with Crippen LogP contribution in [-0.4, -0.2) is 57.0 Å². The van der Waals surface area contributed by atoms with Crippen LogP contribution in [0, 0.1) is 0 Å². The fourth-order valence-corrected chi connectivity index (χ4v) is 5.64. The van der Waals surface area contributed by atoms with Gasteiger partial charge in [0.2, 0.25) is 0 Å². The van der Waals surface area contributed by atoms with Gasteiger partial charge in [0, 0.05) is 36.9 Å². The van der Waals surface area contributed by atoms with Crippen LogP contribution < -0.4 is 9.64 Å². The van der Waals surface area contributed by atoms with Gasteiger partial charge >= 0.3 is 0 Å². The Balaban J connectivity index is 1.87. The molecule has 3 rings (SSSR count). The predicted octanol–water partition coefficient (Wildman–Crippen LogP) is 3.37. The number of anilines is 1. The first-order valence-corrected chi connectivity index (χ1v) is 12.2. The summed E-state index contributed by atoms with van der Waals surface area (Å²) in [5.74, 6) is 0.563. The number of carbonyl (C=O) groups is 1. The Bertz CT molecular complexity index is 969. The number of nitrogens with zero attached hydrogens (tertiary/aromatic N) is 2. The van der Waals surface area contributed by atoms with Crippen molar-refractivity contribution < 1.29 is 17.9 Å². The minimum atomic E-state index is -3.11. The number of benzene rings is 2. The molecule has 1 aliphatic rings. The summed E-state index contributed by atoms with van der Waals surface area (Å²) in [5, 5.41) is 0. The van der Waals surface area contributed by atoms with Crippen LogP contribution in [0.5, 0.6) is 5.75 Å². The average molecular weight is 431 g/mol. The van der Waals surface area contributed by atoms with Crippen LogP contribution in [0.1, 0.15) is 36.2 Å². The summed E-state index contributed by atoms with van der Waals surface area (Å²) >= 11 is 0. The summed E-state index contributed by atoms with van der Waals surface area (Å²) in [6, 6.07) is 14.8. The molecule has 0 aromatic heterocycles. The molecule has 2 aromatic rings. The average Bonchev–Trinajstić information content (AvgIpc) is 3.12. The first-order chi connectivity index (χ1) is 14.4. The van der Waals surface area contributed by atoms with Crippen LogP contribution in [0.4, 0.5) is 5.69 Å². The van der Waals surface area contributed by atoms with Gasteiger partial charge in [0.1, 0.15) is 5.75 Å². The fraction of sp³-hybridized carbons (Fsp3) is 0.435. The molecular weight excluding hydrogens is 400 g/mol. The number of rotatable bonds is 8. The summed E-state index contributed by atoms with van der Waals surface area (Å²) in [7, 11) is -1.55. The van der Waals surface area contributed by atoms with Crippen LogP contribution >= 0.6 is 0 Å². The Morgan fingerprint density at radius 1 is 1.10 bits per heavy atom. The molecule has 0 aliphatic carbocycles. The highest BCUT2D eigenvalue weighted by atomic mass is 32.2. The molecule has 1 amide bonds. The van der Waals surface area contributed by atoms with Crippen LogP contribution in [0.2, 0.25) is 0 Å². The lowest BCUT2D eigenvalue weighted by Crippen LogP contribution is -2.40. The van der Waals surface area contributed by atoms with Crippen molar-refractivity contribution >= 4 is 21.4 Å². The zero-order chi connectivity index (χ0) is 21.7. The number of methoxy groups -OCH3 is 1. The van der Waals surface area contributed by atoms with E-state index in [1.54, 1.807) is 36.3 Å². The zero-order valence-electron chi connectivity index (χ0n) is 17.9. The maximum atomic E-state index is 13.4. The highest BCUT2D eigenvalue weighted by Gasteiger charge is 2.35. The van der Waals surface area contributed by atoms with Crippen molar-refractivity contribution in [1.82, 2.24) is 4.90 Å². The smallest absolute Gasteiger partial charge is 0.254 e. The van der Waals surface area contributed by atoms with Crippen LogP contribution in [0.15, 0.2) is 48.5 Å². The van der Waals surface area contributed by atoms with E-state index in [0.29, 0.717) is 24.3 Å². The molecular formula is C23H30N2O4S. The van der Waals surface area contributed by atoms with Gasteiger partial charge in [-0.2, -0.15) is 0 Å². The molecule has 30 heavy (non-hydrogen) atoms. The fourth-order valence-electron chi connectivity index (χ4n) is 3.91. The molecule has 1 atom stereocenters. The van der Waals surface area contributed by atoms with E-state index in [1.807, 2.05) is 12.1 Å². The normalized spacial score (nSPS) is 17.5. The molecule has 1 unspecified atom stereocenters. The van der Waals surface area contributed by atoms with Crippen LogP contribution in [0.3, 0.4) is 0 Å². The molecule has 6 nitrogen and oxygen atoms in total. The molecule has 0 saturated carbocycles. The summed E-state index contributed by atoms with van der Waals surface area (Å²) in [6.07, 6.45) is 0.468. The van der Waals surface area contributed by atoms with E-state index in [-0.39, 0.29) is 23.5 Å². The topological polar surface area (TPSA) is 66.9 Å². The minimum absolute atomic E-state index is 0.0141. The van der Waals surface area contributed by atoms with Crippen molar-refractivity contribution in [3.63, 3.8) is 0 Å². The first kappa shape index (κ1) is 22.2. The van der Waals surface area contributed by atoms with Gasteiger partial charge in [0.05, 0.1) is 18.6 Å². The molecule has 2 aromatic carbocycles. The van der Waals surface area contributed by atoms with Gasteiger partial charge in [0.25, 0.3) is 5.91 Å². The number of hydrogen-bond acceptors (Lipinski definition) is 5. The predicted molar refractivity (Wildman–Crippen MR) is 120 cm³/mol. The Morgan fingerprint density at radius 2 is 1.80 bits per heavy atom. The van der Waals surface area contributed by atoms with E-state index in [4.69, 9.17) is 4.74 Å². The largest absolute Gasteiger partial charge is 0.497 e. The number of ether oxygens (including phenoxy) is 1. The Kier molecular flexibility index (Phi) is 7.02. The lowest BCUT2D eigenvalue weighted by molar-refractivity contribution is 0.0680. The van der Waals surface area contributed by atoms with Crippen molar-refractivity contribution in [2.75, 3.05) is 36.6 Å². The Morgan fingerprint density at radius 3 is 2.37 bits per heavy atom. The van der Waals surface area contributed by atoms with Gasteiger partial charge in [-0.3, -0.25) is 4.79 Å². The lowest BCUT2D eigenvalue weighted by atomic mass is 10.1. The second-order valence-corrected chi connectivity index (χ2v) is 9.79. The standard InChI is InChI=1S/C23H30N2O4S/c1-4-24(5-2)20-11-9-18(10-12-20)16-25(21-13-14-30(27,28)17-21)23(26)19-7-6-8-22(15-19)29-3/h6-12,15,21H,4-5,13-14,16-17H2,1-3H3. The molecule has 1 saturated heterocycles. The van der Waals surface area contributed by atoms with E-state index in [2.05, 4.69) is 30.9 Å². The van der Waals surface area contributed by atoms with E-state index >= 15 is 0 Å². The Hall–Kier alpha value is -2.54. The monoisotopic (exact) mass is 430 g/mol. The van der Waals surface area contributed by atoms with Gasteiger partial charge in [-0.1, -0.05) is 18.2 Å². The summed E-state index contributed by atoms with van der Waals surface area (Å²) in [4.78, 5) is 17.3. The molecule has 162 valence electrons. The third-order valence-corrected chi connectivity index (χ3v) is 7.39. The first-order valence-electron chi connectivity index (χ1n) is 10.4. The van der Waals surface area contributed by atoms with Crippen molar-refractivity contribution in [3.05, 3.63) is 59.7 Å². The summed E-state index contributed by atoms with van der Waals surface area (Å²) < 4.78 is 29.4. The van der Waals surface area contributed by atoms with Crippen molar-refractivity contribution in [2.24, 2.45) is 0 Å².